The second-order valence-corrected chi connectivity index (χ2v) is 8.53. The molecule has 0 aromatic heterocycles. The lowest BCUT2D eigenvalue weighted by atomic mass is 10.1. The lowest BCUT2D eigenvalue weighted by Crippen LogP contribution is -2.30. The Bertz CT molecular complexity index is 1280. The van der Waals surface area contributed by atoms with Crippen LogP contribution < -0.4 is 14.4 Å². The standard InChI is InChI=1S/C26H20N2O4S/c1-17-7-10-20(11-8-17)28-25(30)21(13-18-9-12-23-24(14-18)32-16-31-23)27-26(28)33-15-22(29)19-5-3-2-4-6-19/h2-14H,15-16H2,1H3/b21-13+. The lowest BCUT2D eigenvalue weighted by Gasteiger charge is -2.17. The number of ether oxygens (including phenoxy) is 2. The smallest absolute Gasteiger partial charge is 0.283 e. The molecule has 0 saturated carbocycles. The Morgan fingerprint density at radius 2 is 1.79 bits per heavy atom. The molecule has 0 aliphatic carbocycles. The number of carbonyl (C=O) groups excluding carboxylic acids is 2. The summed E-state index contributed by atoms with van der Waals surface area (Å²) in [5.41, 5.74) is 3.50. The number of benzene rings is 3. The van der Waals surface area contributed by atoms with Crippen LogP contribution in [0.15, 0.2) is 83.5 Å². The SMILES string of the molecule is Cc1ccc(N2C(=O)/C(=C\c3ccc4c(c3)OCO4)N=C2SCC(=O)c2ccccc2)cc1. The highest BCUT2D eigenvalue weighted by atomic mass is 32.2. The number of aliphatic imine (C=N–C) groups is 1. The average Bonchev–Trinajstić information content (AvgIpc) is 3.43. The van der Waals surface area contributed by atoms with Crippen molar-refractivity contribution in [1.29, 1.82) is 0 Å². The number of Topliss-reactive ketones (excluding diaryl/α,β-unsaturated/α-hetero) is 1. The van der Waals surface area contributed by atoms with Gasteiger partial charge in [0.1, 0.15) is 5.70 Å². The van der Waals surface area contributed by atoms with Gasteiger partial charge in [0.25, 0.3) is 5.91 Å². The van der Waals surface area contributed by atoms with Crippen molar-refractivity contribution in [2.45, 2.75) is 6.92 Å². The molecule has 164 valence electrons. The van der Waals surface area contributed by atoms with E-state index in [1.54, 1.807) is 23.1 Å². The normalized spacial score (nSPS) is 15.8. The molecule has 0 saturated heterocycles. The lowest BCUT2D eigenvalue weighted by molar-refractivity contribution is -0.113. The molecule has 2 aliphatic rings. The van der Waals surface area contributed by atoms with E-state index < -0.39 is 0 Å². The van der Waals surface area contributed by atoms with Gasteiger partial charge in [0.2, 0.25) is 6.79 Å². The summed E-state index contributed by atoms with van der Waals surface area (Å²) >= 11 is 1.25. The maximum absolute atomic E-state index is 13.3. The second kappa shape index (κ2) is 8.96. The molecule has 0 unspecified atom stereocenters. The monoisotopic (exact) mass is 456 g/mol. The van der Waals surface area contributed by atoms with Crippen molar-refractivity contribution in [3.05, 3.63) is 95.2 Å². The molecule has 0 bridgehead atoms. The van der Waals surface area contributed by atoms with E-state index in [4.69, 9.17) is 9.47 Å². The van der Waals surface area contributed by atoms with E-state index in [9.17, 15) is 9.59 Å². The highest BCUT2D eigenvalue weighted by Gasteiger charge is 2.32. The molecule has 0 fully saturated rings. The Morgan fingerprint density at radius 1 is 1.03 bits per heavy atom. The number of ketones is 1. The van der Waals surface area contributed by atoms with Crippen molar-refractivity contribution in [1.82, 2.24) is 0 Å². The summed E-state index contributed by atoms with van der Waals surface area (Å²) in [5.74, 6) is 1.22. The van der Waals surface area contributed by atoms with Gasteiger partial charge in [-0.3, -0.25) is 14.5 Å². The number of aryl methyl sites for hydroxylation is 1. The van der Waals surface area contributed by atoms with Crippen molar-refractivity contribution in [3.8, 4) is 11.5 Å². The number of anilines is 1. The third-order valence-electron chi connectivity index (χ3n) is 5.25. The second-order valence-electron chi connectivity index (χ2n) is 7.59. The van der Waals surface area contributed by atoms with Crippen LogP contribution in [-0.4, -0.2) is 29.4 Å². The van der Waals surface area contributed by atoms with Crippen molar-refractivity contribution < 1.29 is 19.1 Å². The van der Waals surface area contributed by atoms with E-state index >= 15 is 0 Å². The van der Waals surface area contributed by atoms with Crippen molar-refractivity contribution >= 4 is 40.4 Å². The number of carbonyl (C=O) groups is 2. The van der Waals surface area contributed by atoms with Crippen LogP contribution in [-0.2, 0) is 4.79 Å². The predicted octanol–water partition coefficient (Wildman–Crippen LogP) is 5.08. The number of thioether (sulfide) groups is 1. The first-order chi connectivity index (χ1) is 16.1. The summed E-state index contributed by atoms with van der Waals surface area (Å²) < 4.78 is 10.8. The molecular formula is C26H20N2O4S. The Kier molecular flexibility index (Phi) is 5.71. The van der Waals surface area contributed by atoms with E-state index in [0.717, 1.165) is 11.1 Å². The molecule has 33 heavy (non-hydrogen) atoms. The van der Waals surface area contributed by atoms with Crippen LogP contribution in [0.1, 0.15) is 21.5 Å². The molecule has 0 atom stereocenters. The Morgan fingerprint density at radius 3 is 2.58 bits per heavy atom. The van der Waals surface area contributed by atoms with Crippen LogP contribution in [0.25, 0.3) is 6.08 Å². The predicted molar refractivity (Wildman–Crippen MR) is 130 cm³/mol. The van der Waals surface area contributed by atoms with Crippen LogP contribution in [0, 0.1) is 6.92 Å². The molecule has 3 aromatic rings. The molecular weight excluding hydrogens is 436 g/mol. The van der Waals surface area contributed by atoms with Gasteiger partial charge in [0, 0.05) is 5.56 Å². The Labute approximate surface area is 195 Å². The summed E-state index contributed by atoms with van der Waals surface area (Å²) in [6.07, 6.45) is 1.72. The molecule has 7 heteroatoms. The van der Waals surface area contributed by atoms with Crippen LogP contribution in [0.4, 0.5) is 5.69 Å². The number of hydrogen-bond donors (Lipinski definition) is 0. The van der Waals surface area contributed by atoms with Gasteiger partial charge in [-0.1, -0.05) is 65.9 Å². The first-order valence-electron chi connectivity index (χ1n) is 10.4. The third kappa shape index (κ3) is 4.40. The van der Waals surface area contributed by atoms with Crippen molar-refractivity contribution in [2.24, 2.45) is 4.99 Å². The van der Waals surface area contributed by atoms with E-state index in [1.165, 1.54) is 11.8 Å². The van der Waals surface area contributed by atoms with Gasteiger partial charge in [-0.05, 0) is 42.8 Å². The van der Waals surface area contributed by atoms with E-state index in [2.05, 4.69) is 4.99 Å². The van der Waals surface area contributed by atoms with Crippen LogP contribution in [0.3, 0.4) is 0 Å². The number of nitrogens with zero attached hydrogens (tertiary/aromatic N) is 2. The van der Waals surface area contributed by atoms with Crippen molar-refractivity contribution in [3.63, 3.8) is 0 Å². The van der Waals surface area contributed by atoms with Gasteiger partial charge in [0.05, 0.1) is 11.4 Å². The zero-order chi connectivity index (χ0) is 22.8. The van der Waals surface area contributed by atoms with E-state index in [0.29, 0.717) is 33.6 Å². The largest absolute Gasteiger partial charge is 0.454 e. The summed E-state index contributed by atoms with van der Waals surface area (Å²) in [6.45, 7) is 2.17. The molecule has 3 aromatic carbocycles. The summed E-state index contributed by atoms with van der Waals surface area (Å²) in [6, 6.07) is 22.2. The van der Waals surface area contributed by atoms with Gasteiger partial charge in [-0.2, -0.15) is 0 Å². The molecule has 6 nitrogen and oxygen atoms in total. The van der Waals surface area contributed by atoms with Gasteiger partial charge in [-0.15, -0.1) is 0 Å². The fraction of sp³-hybridized carbons (Fsp3) is 0.115. The van der Waals surface area contributed by atoms with Crippen LogP contribution >= 0.6 is 11.8 Å². The summed E-state index contributed by atoms with van der Waals surface area (Å²) in [4.78, 5) is 32.1. The molecule has 0 spiro atoms. The minimum atomic E-state index is -0.244. The van der Waals surface area contributed by atoms with Crippen LogP contribution in [0.5, 0.6) is 11.5 Å². The van der Waals surface area contributed by atoms with E-state index in [-0.39, 0.29) is 24.2 Å². The molecule has 0 N–H and O–H groups in total. The topological polar surface area (TPSA) is 68.2 Å². The number of hydrogen-bond acceptors (Lipinski definition) is 6. The number of amidine groups is 1. The fourth-order valence-electron chi connectivity index (χ4n) is 3.51. The third-order valence-corrected chi connectivity index (χ3v) is 6.19. The molecule has 0 radical (unpaired) electrons. The fourth-order valence-corrected chi connectivity index (χ4v) is 4.42. The quantitative estimate of drug-likeness (QED) is 0.395. The molecule has 2 heterocycles. The molecule has 1 amide bonds. The zero-order valence-corrected chi connectivity index (χ0v) is 18.7. The highest BCUT2D eigenvalue weighted by Crippen LogP contribution is 2.34. The van der Waals surface area contributed by atoms with Gasteiger partial charge in [-0.25, -0.2) is 4.99 Å². The average molecular weight is 457 g/mol. The first kappa shape index (κ1) is 21.0. The number of fused-ring (bicyclic) bond motifs is 1. The summed E-state index contributed by atoms with van der Waals surface area (Å²) in [5, 5.41) is 0.472. The van der Waals surface area contributed by atoms with Crippen molar-refractivity contribution in [2.75, 3.05) is 17.4 Å². The van der Waals surface area contributed by atoms with Gasteiger partial charge >= 0.3 is 0 Å². The number of rotatable bonds is 5. The van der Waals surface area contributed by atoms with Gasteiger partial charge in [0.15, 0.2) is 22.4 Å². The maximum Gasteiger partial charge on any atom is 0.283 e. The highest BCUT2D eigenvalue weighted by molar-refractivity contribution is 8.14. The van der Waals surface area contributed by atoms with Crippen LogP contribution in [0.2, 0.25) is 0 Å². The maximum atomic E-state index is 13.3. The van der Waals surface area contributed by atoms with Gasteiger partial charge < -0.3 is 9.47 Å². The van der Waals surface area contributed by atoms with E-state index in [1.807, 2.05) is 67.6 Å². The zero-order valence-electron chi connectivity index (χ0n) is 17.9. The summed E-state index contributed by atoms with van der Waals surface area (Å²) in [7, 11) is 0. The Balaban J connectivity index is 1.44. The minimum Gasteiger partial charge on any atom is -0.454 e. The molecule has 2 aliphatic heterocycles. The first-order valence-corrected chi connectivity index (χ1v) is 11.4. The number of amides is 1. The minimum absolute atomic E-state index is 0.0206. The Hall–Kier alpha value is -3.84. The molecule has 5 rings (SSSR count).